The Balaban J connectivity index is 1.94. The monoisotopic (exact) mass is 278 g/mol. The number of para-hydroxylation sites is 1. The molecule has 0 aliphatic carbocycles. The number of aliphatic hydroxyl groups excluding tert-OH is 1. The molecule has 1 N–H and O–H groups in total. The Bertz CT molecular complexity index is 758. The lowest BCUT2D eigenvalue weighted by molar-refractivity contribution is 0.178. The normalized spacial score (nSPS) is 12.5. The van der Waals surface area contributed by atoms with E-state index in [1.165, 1.54) is 0 Å². The molecule has 0 amide bonds. The van der Waals surface area contributed by atoms with E-state index in [4.69, 9.17) is 0 Å². The number of hydrogen-bond acceptors (Lipinski definition) is 3. The van der Waals surface area contributed by atoms with Crippen molar-refractivity contribution < 1.29 is 5.11 Å². The Kier molecular flexibility index (Phi) is 3.67. The van der Waals surface area contributed by atoms with Crippen molar-refractivity contribution in [1.29, 1.82) is 0 Å². The molecule has 21 heavy (non-hydrogen) atoms. The lowest BCUT2D eigenvalue weighted by Gasteiger charge is -2.14. The number of pyridine rings is 2. The smallest absolute Gasteiger partial charge is 0.0831 e. The summed E-state index contributed by atoms with van der Waals surface area (Å²) in [5.74, 6) is 0. The van der Waals surface area contributed by atoms with Gasteiger partial charge in [0.1, 0.15) is 0 Å². The first-order chi connectivity index (χ1) is 10.1. The second-order valence-corrected chi connectivity index (χ2v) is 5.39. The minimum Gasteiger partial charge on any atom is -0.388 e. The van der Waals surface area contributed by atoms with Crippen LogP contribution in [-0.2, 0) is 6.42 Å². The predicted octanol–water partition coefficient (Wildman–Crippen LogP) is 3.52. The van der Waals surface area contributed by atoms with Gasteiger partial charge < -0.3 is 5.11 Å². The summed E-state index contributed by atoms with van der Waals surface area (Å²) in [4.78, 5) is 8.71. The molecule has 0 fully saturated rings. The van der Waals surface area contributed by atoms with E-state index >= 15 is 0 Å². The van der Waals surface area contributed by atoms with E-state index in [2.05, 4.69) is 9.97 Å². The van der Waals surface area contributed by atoms with Crippen LogP contribution in [0.5, 0.6) is 0 Å². The van der Waals surface area contributed by atoms with Crippen LogP contribution in [0.3, 0.4) is 0 Å². The molecular formula is C18H18N2O. The Morgan fingerprint density at radius 2 is 1.76 bits per heavy atom. The summed E-state index contributed by atoms with van der Waals surface area (Å²) >= 11 is 0. The van der Waals surface area contributed by atoms with Gasteiger partial charge in [0.25, 0.3) is 0 Å². The first-order valence-electron chi connectivity index (χ1n) is 7.09. The molecule has 3 nitrogen and oxygen atoms in total. The topological polar surface area (TPSA) is 46.0 Å². The van der Waals surface area contributed by atoms with E-state index in [0.29, 0.717) is 6.42 Å². The molecule has 3 aromatic rings. The highest BCUT2D eigenvalue weighted by Gasteiger charge is 2.12. The fraction of sp³-hybridized carbons (Fsp3) is 0.222. The van der Waals surface area contributed by atoms with Crippen molar-refractivity contribution in [1.82, 2.24) is 9.97 Å². The molecule has 1 unspecified atom stereocenters. The number of fused-ring (bicyclic) bond motifs is 1. The third-order valence-corrected chi connectivity index (χ3v) is 3.64. The van der Waals surface area contributed by atoms with Gasteiger partial charge in [-0.1, -0.05) is 18.2 Å². The van der Waals surface area contributed by atoms with Crippen LogP contribution in [0.1, 0.15) is 28.6 Å². The Hall–Kier alpha value is -2.26. The van der Waals surface area contributed by atoms with Gasteiger partial charge in [-0.25, -0.2) is 0 Å². The van der Waals surface area contributed by atoms with E-state index in [1.807, 2.05) is 56.3 Å². The summed E-state index contributed by atoms with van der Waals surface area (Å²) in [6, 6.07) is 13.9. The highest BCUT2D eigenvalue weighted by molar-refractivity contribution is 5.81. The molecule has 3 rings (SSSR count). The minimum atomic E-state index is -0.531. The Morgan fingerprint density at radius 1 is 1.05 bits per heavy atom. The molecule has 3 heteroatoms. The molecule has 0 radical (unpaired) electrons. The predicted molar refractivity (Wildman–Crippen MR) is 84.1 cm³/mol. The lowest BCUT2D eigenvalue weighted by atomic mass is 9.98. The number of benzene rings is 1. The van der Waals surface area contributed by atoms with Crippen molar-refractivity contribution in [2.45, 2.75) is 26.4 Å². The average molecular weight is 278 g/mol. The van der Waals surface area contributed by atoms with Crippen molar-refractivity contribution in [2.75, 3.05) is 0 Å². The third-order valence-electron chi connectivity index (χ3n) is 3.64. The highest BCUT2D eigenvalue weighted by Crippen LogP contribution is 2.24. The highest BCUT2D eigenvalue weighted by atomic mass is 16.3. The Morgan fingerprint density at radius 3 is 2.52 bits per heavy atom. The molecule has 0 saturated carbocycles. The molecule has 0 aliphatic heterocycles. The van der Waals surface area contributed by atoms with Crippen molar-refractivity contribution in [2.24, 2.45) is 0 Å². The quantitative estimate of drug-likeness (QED) is 0.797. The number of aliphatic hydroxyl groups is 1. The maximum atomic E-state index is 10.5. The maximum Gasteiger partial charge on any atom is 0.0831 e. The second-order valence-electron chi connectivity index (χ2n) is 5.39. The first kappa shape index (κ1) is 13.7. The van der Waals surface area contributed by atoms with E-state index < -0.39 is 6.10 Å². The Labute approximate surface area is 124 Å². The second kappa shape index (κ2) is 5.62. The fourth-order valence-electron chi connectivity index (χ4n) is 2.72. The summed E-state index contributed by atoms with van der Waals surface area (Å²) in [6.45, 7) is 3.90. The van der Waals surface area contributed by atoms with E-state index in [9.17, 15) is 5.11 Å². The van der Waals surface area contributed by atoms with Gasteiger partial charge in [0.05, 0.1) is 11.6 Å². The molecular weight excluding hydrogens is 260 g/mol. The third kappa shape index (κ3) is 2.93. The van der Waals surface area contributed by atoms with Crippen LogP contribution in [0.4, 0.5) is 0 Å². The summed E-state index contributed by atoms with van der Waals surface area (Å²) in [7, 11) is 0. The molecule has 106 valence electrons. The molecule has 0 saturated heterocycles. The van der Waals surface area contributed by atoms with Crippen molar-refractivity contribution in [3.8, 4) is 0 Å². The average Bonchev–Trinajstić information content (AvgIpc) is 2.46. The van der Waals surface area contributed by atoms with Gasteiger partial charge in [0.2, 0.25) is 0 Å². The summed E-state index contributed by atoms with van der Waals surface area (Å²) in [5.41, 5.74) is 4.86. The zero-order valence-electron chi connectivity index (χ0n) is 12.2. The van der Waals surface area contributed by atoms with Gasteiger partial charge in [0.15, 0.2) is 0 Å². The van der Waals surface area contributed by atoms with Gasteiger partial charge >= 0.3 is 0 Å². The van der Waals surface area contributed by atoms with Gasteiger partial charge in [-0.3, -0.25) is 9.97 Å². The molecule has 0 spiro atoms. The number of rotatable bonds is 3. The lowest BCUT2D eigenvalue weighted by Crippen LogP contribution is -2.04. The molecule has 1 atom stereocenters. The van der Waals surface area contributed by atoms with Gasteiger partial charge in [0, 0.05) is 29.4 Å². The number of aryl methyl sites for hydroxylation is 2. The molecule has 1 aromatic carbocycles. The summed E-state index contributed by atoms with van der Waals surface area (Å²) in [6.07, 6.45) is 1.84. The van der Waals surface area contributed by atoms with Crippen LogP contribution >= 0.6 is 0 Å². The standard InChI is InChI=1S/C18H18N2O/c1-12-9-15(10-13(2)20-12)18(21)11-14-7-8-19-17-6-4-3-5-16(14)17/h3-10,18,21H,11H2,1-2H3. The van der Waals surface area contributed by atoms with Crippen LogP contribution in [0, 0.1) is 13.8 Å². The molecule has 2 aromatic heterocycles. The van der Waals surface area contributed by atoms with E-state index in [-0.39, 0.29) is 0 Å². The van der Waals surface area contributed by atoms with Gasteiger partial charge in [-0.05, 0) is 49.2 Å². The largest absolute Gasteiger partial charge is 0.388 e. The van der Waals surface area contributed by atoms with Crippen LogP contribution in [0.25, 0.3) is 10.9 Å². The molecule has 0 aliphatic rings. The zero-order chi connectivity index (χ0) is 14.8. The SMILES string of the molecule is Cc1cc(C(O)Cc2ccnc3ccccc23)cc(C)n1. The van der Waals surface area contributed by atoms with Crippen LogP contribution < -0.4 is 0 Å². The minimum absolute atomic E-state index is 0.531. The van der Waals surface area contributed by atoms with Crippen molar-refractivity contribution in [3.05, 3.63) is 71.2 Å². The van der Waals surface area contributed by atoms with Crippen LogP contribution in [0.15, 0.2) is 48.7 Å². The van der Waals surface area contributed by atoms with Crippen molar-refractivity contribution in [3.63, 3.8) is 0 Å². The van der Waals surface area contributed by atoms with E-state index in [0.717, 1.165) is 33.4 Å². The molecule has 2 heterocycles. The van der Waals surface area contributed by atoms with Gasteiger partial charge in [-0.2, -0.15) is 0 Å². The molecule has 0 bridgehead atoms. The number of aromatic nitrogens is 2. The first-order valence-corrected chi connectivity index (χ1v) is 7.09. The van der Waals surface area contributed by atoms with E-state index in [1.54, 1.807) is 6.20 Å². The number of hydrogen-bond donors (Lipinski definition) is 1. The fourth-order valence-corrected chi connectivity index (χ4v) is 2.72. The van der Waals surface area contributed by atoms with Crippen LogP contribution in [0.2, 0.25) is 0 Å². The van der Waals surface area contributed by atoms with Crippen LogP contribution in [-0.4, -0.2) is 15.1 Å². The van der Waals surface area contributed by atoms with Crippen molar-refractivity contribution >= 4 is 10.9 Å². The summed E-state index contributed by atoms with van der Waals surface area (Å²) < 4.78 is 0. The zero-order valence-corrected chi connectivity index (χ0v) is 12.2. The maximum absolute atomic E-state index is 10.5. The summed E-state index contributed by atoms with van der Waals surface area (Å²) in [5, 5.41) is 11.6. The van der Waals surface area contributed by atoms with Gasteiger partial charge in [-0.15, -0.1) is 0 Å². The number of nitrogens with zero attached hydrogens (tertiary/aromatic N) is 2.